The molecule has 0 heterocycles. The lowest BCUT2D eigenvalue weighted by Gasteiger charge is -2.23. The van der Waals surface area contributed by atoms with Crippen LogP contribution in [0.1, 0.15) is 6.92 Å². The van der Waals surface area contributed by atoms with Crippen LogP contribution in [0.3, 0.4) is 0 Å². The van der Waals surface area contributed by atoms with E-state index in [1.54, 1.807) is 0 Å². The molecule has 4 N–H and O–H groups in total. The smallest absolute Gasteiger partial charge is 0.302 e. The van der Waals surface area contributed by atoms with Crippen LogP contribution in [0, 0.1) is 0 Å². The molecule has 7 heteroatoms. The maximum atomic E-state index is 10.3. The van der Waals surface area contributed by atoms with Crippen molar-refractivity contribution in [3.63, 3.8) is 0 Å². The van der Waals surface area contributed by atoms with Crippen molar-refractivity contribution in [3.05, 3.63) is 0 Å². The Balaban J connectivity index is 4.11. The fourth-order valence-corrected chi connectivity index (χ4v) is 0.811. The van der Waals surface area contributed by atoms with Gasteiger partial charge in [0.2, 0.25) is 0 Å². The van der Waals surface area contributed by atoms with Crippen LogP contribution in [0.25, 0.3) is 0 Å². The van der Waals surface area contributed by atoms with Crippen LogP contribution in [0.5, 0.6) is 0 Å². The number of hydrogen-bond acceptors (Lipinski definition) is 7. The van der Waals surface area contributed by atoms with E-state index in [-0.39, 0.29) is 6.29 Å². The molecule has 0 radical (unpaired) electrons. The monoisotopic (exact) mass is 222 g/mol. The van der Waals surface area contributed by atoms with Crippen molar-refractivity contribution in [2.75, 3.05) is 6.61 Å². The van der Waals surface area contributed by atoms with E-state index in [0.717, 1.165) is 6.92 Å². The minimum Gasteiger partial charge on any atom is -0.463 e. The van der Waals surface area contributed by atoms with Crippen molar-refractivity contribution in [2.45, 2.75) is 31.3 Å². The number of ether oxygens (including phenoxy) is 1. The van der Waals surface area contributed by atoms with Crippen LogP contribution in [-0.2, 0) is 14.3 Å². The van der Waals surface area contributed by atoms with Crippen LogP contribution in [-0.4, -0.2) is 63.7 Å². The number of aliphatic hydroxyl groups is 4. The summed E-state index contributed by atoms with van der Waals surface area (Å²) >= 11 is 0. The Kier molecular flexibility index (Phi) is 6.02. The lowest BCUT2D eigenvalue weighted by Crippen LogP contribution is -2.46. The fourth-order valence-electron chi connectivity index (χ4n) is 0.811. The van der Waals surface area contributed by atoms with E-state index in [2.05, 4.69) is 4.74 Å². The zero-order valence-corrected chi connectivity index (χ0v) is 8.11. The highest BCUT2D eigenvalue weighted by atomic mass is 16.5. The van der Waals surface area contributed by atoms with Gasteiger partial charge in [0.05, 0.1) is 0 Å². The highest BCUT2D eigenvalue weighted by Crippen LogP contribution is 2.04. The number of carbonyl (C=O) groups is 2. The van der Waals surface area contributed by atoms with Crippen molar-refractivity contribution < 1.29 is 34.8 Å². The molecule has 4 atom stereocenters. The van der Waals surface area contributed by atoms with Gasteiger partial charge in [-0.25, -0.2) is 0 Å². The first-order valence-corrected chi connectivity index (χ1v) is 4.21. The standard InChI is InChI=1S/C8H14O7/c1-4(10)15-3-6(12)8(14)7(13)5(11)2-9/h2,5-8,11-14H,3H2,1H3/t5-,6+,7+,8-/m0/s1. The van der Waals surface area contributed by atoms with E-state index >= 15 is 0 Å². The first kappa shape index (κ1) is 14.0. The molecule has 88 valence electrons. The zero-order chi connectivity index (χ0) is 12.0. The van der Waals surface area contributed by atoms with Crippen LogP contribution in [0.2, 0.25) is 0 Å². The topological polar surface area (TPSA) is 124 Å². The molecule has 0 aromatic carbocycles. The number of carbonyl (C=O) groups excluding carboxylic acids is 2. The molecule has 15 heavy (non-hydrogen) atoms. The molecule has 0 amide bonds. The molecule has 0 rings (SSSR count). The Morgan fingerprint density at radius 3 is 2.20 bits per heavy atom. The fraction of sp³-hybridized carbons (Fsp3) is 0.750. The third-order valence-corrected chi connectivity index (χ3v) is 1.69. The summed E-state index contributed by atoms with van der Waals surface area (Å²) in [5.41, 5.74) is 0. The molecule has 0 bridgehead atoms. The average molecular weight is 222 g/mol. The third-order valence-electron chi connectivity index (χ3n) is 1.69. The van der Waals surface area contributed by atoms with Gasteiger partial charge < -0.3 is 30.0 Å². The van der Waals surface area contributed by atoms with Gasteiger partial charge in [0.1, 0.15) is 31.0 Å². The van der Waals surface area contributed by atoms with Gasteiger partial charge in [0.15, 0.2) is 6.29 Å². The summed E-state index contributed by atoms with van der Waals surface area (Å²) in [5.74, 6) is -0.660. The van der Waals surface area contributed by atoms with Gasteiger partial charge in [-0.3, -0.25) is 4.79 Å². The number of aliphatic hydroxyl groups excluding tert-OH is 4. The first-order chi connectivity index (χ1) is 6.90. The molecule has 0 aliphatic rings. The summed E-state index contributed by atoms with van der Waals surface area (Å²) in [6.07, 6.45) is -6.95. The molecule has 0 aromatic rings. The maximum absolute atomic E-state index is 10.3. The van der Waals surface area contributed by atoms with Gasteiger partial charge >= 0.3 is 5.97 Å². The predicted octanol–water partition coefficient (Wildman–Crippen LogP) is -2.81. The largest absolute Gasteiger partial charge is 0.463 e. The van der Waals surface area contributed by atoms with E-state index in [4.69, 9.17) is 15.3 Å². The molecule has 0 aliphatic heterocycles. The van der Waals surface area contributed by atoms with Crippen molar-refractivity contribution in [3.8, 4) is 0 Å². The van der Waals surface area contributed by atoms with Crippen LogP contribution in [0.4, 0.5) is 0 Å². The summed E-state index contributed by atoms with van der Waals surface area (Å²) in [4.78, 5) is 20.4. The highest BCUT2D eigenvalue weighted by molar-refractivity contribution is 5.65. The first-order valence-electron chi connectivity index (χ1n) is 4.21. The van der Waals surface area contributed by atoms with E-state index in [1.165, 1.54) is 0 Å². The van der Waals surface area contributed by atoms with Gasteiger partial charge in [0.25, 0.3) is 0 Å². The molecule has 0 saturated heterocycles. The van der Waals surface area contributed by atoms with Gasteiger partial charge in [0, 0.05) is 6.92 Å². The Labute approximate surface area is 85.9 Å². The summed E-state index contributed by atoms with van der Waals surface area (Å²) in [6.45, 7) is 0.578. The highest BCUT2D eigenvalue weighted by Gasteiger charge is 2.30. The summed E-state index contributed by atoms with van der Waals surface area (Å²) in [6, 6.07) is 0. The number of aldehydes is 1. The Bertz CT molecular complexity index is 217. The molecule has 0 spiro atoms. The van der Waals surface area contributed by atoms with E-state index in [0.29, 0.717) is 0 Å². The molecule has 0 aromatic heterocycles. The van der Waals surface area contributed by atoms with Crippen molar-refractivity contribution >= 4 is 12.3 Å². The minimum atomic E-state index is -1.83. The molecule has 7 nitrogen and oxygen atoms in total. The molecular formula is C8H14O7. The zero-order valence-electron chi connectivity index (χ0n) is 8.11. The van der Waals surface area contributed by atoms with Gasteiger partial charge in [-0.1, -0.05) is 0 Å². The molecule has 0 unspecified atom stereocenters. The van der Waals surface area contributed by atoms with Crippen molar-refractivity contribution in [1.29, 1.82) is 0 Å². The molecule has 0 aliphatic carbocycles. The van der Waals surface area contributed by atoms with E-state index in [1.807, 2.05) is 0 Å². The molecule has 0 saturated carbocycles. The second kappa shape index (κ2) is 6.46. The number of esters is 1. The predicted molar refractivity (Wildman–Crippen MR) is 46.7 cm³/mol. The minimum absolute atomic E-state index is 0.0203. The average Bonchev–Trinajstić information content (AvgIpc) is 2.22. The second-order valence-corrected chi connectivity index (χ2v) is 2.98. The van der Waals surface area contributed by atoms with Gasteiger partial charge in [-0.15, -0.1) is 0 Å². The van der Waals surface area contributed by atoms with Crippen molar-refractivity contribution in [2.24, 2.45) is 0 Å². The summed E-state index contributed by atoms with van der Waals surface area (Å²) in [5, 5.41) is 36.3. The van der Waals surface area contributed by atoms with Gasteiger partial charge in [-0.05, 0) is 0 Å². The van der Waals surface area contributed by atoms with Crippen LogP contribution in [0.15, 0.2) is 0 Å². The summed E-state index contributed by atoms with van der Waals surface area (Å²) in [7, 11) is 0. The van der Waals surface area contributed by atoms with E-state index in [9.17, 15) is 14.7 Å². The number of hydrogen-bond donors (Lipinski definition) is 4. The molecular weight excluding hydrogens is 208 g/mol. The van der Waals surface area contributed by atoms with E-state index < -0.39 is 37.0 Å². The van der Waals surface area contributed by atoms with Gasteiger partial charge in [-0.2, -0.15) is 0 Å². The summed E-state index contributed by atoms with van der Waals surface area (Å²) < 4.78 is 4.36. The van der Waals surface area contributed by atoms with Crippen LogP contribution < -0.4 is 0 Å². The Morgan fingerprint density at radius 2 is 1.80 bits per heavy atom. The lowest BCUT2D eigenvalue weighted by atomic mass is 10.0. The Morgan fingerprint density at radius 1 is 1.27 bits per heavy atom. The molecule has 0 fully saturated rings. The second-order valence-electron chi connectivity index (χ2n) is 2.98. The number of rotatable bonds is 6. The van der Waals surface area contributed by atoms with Crippen molar-refractivity contribution in [1.82, 2.24) is 0 Å². The third kappa shape index (κ3) is 4.84. The van der Waals surface area contributed by atoms with Crippen LogP contribution >= 0.6 is 0 Å². The SMILES string of the molecule is CC(=O)OC[C@@H](O)[C@H](O)[C@H](O)[C@@H](O)C=O. The maximum Gasteiger partial charge on any atom is 0.302 e. The lowest BCUT2D eigenvalue weighted by molar-refractivity contribution is -0.154. The normalized spacial score (nSPS) is 18.7. The Hall–Kier alpha value is -1.02. The quantitative estimate of drug-likeness (QED) is 0.282.